The van der Waals surface area contributed by atoms with Gasteiger partial charge in [0, 0.05) is 36.6 Å². The zero-order chi connectivity index (χ0) is 19.9. The first-order chi connectivity index (χ1) is 13.6. The van der Waals surface area contributed by atoms with Gasteiger partial charge in [-0.3, -0.25) is 9.79 Å². The van der Waals surface area contributed by atoms with Crippen molar-refractivity contribution in [2.24, 2.45) is 4.99 Å². The predicted molar refractivity (Wildman–Crippen MR) is 130 cm³/mol. The second-order valence-electron chi connectivity index (χ2n) is 6.49. The van der Waals surface area contributed by atoms with E-state index in [-0.39, 0.29) is 36.4 Å². The van der Waals surface area contributed by atoms with Crippen molar-refractivity contribution in [1.29, 1.82) is 0 Å². The summed E-state index contributed by atoms with van der Waals surface area (Å²) in [7, 11) is 3.31. The van der Waals surface area contributed by atoms with Gasteiger partial charge in [-0.25, -0.2) is 0 Å². The molecular formula is C20H26ClIN4O2S. The number of nitrogens with one attached hydrogen (secondary N) is 2. The molecule has 0 saturated heterocycles. The monoisotopic (exact) mass is 548 g/mol. The summed E-state index contributed by atoms with van der Waals surface area (Å²) in [6.07, 6.45) is 1.68. The molecule has 0 bridgehead atoms. The number of guanidine groups is 1. The van der Waals surface area contributed by atoms with Gasteiger partial charge in [0.2, 0.25) is 5.91 Å². The molecule has 6 nitrogen and oxygen atoms in total. The number of hydrogen-bond acceptors (Lipinski definition) is 4. The van der Waals surface area contributed by atoms with Gasteiger partial charge in [0.25, 0.3) is 0 Å². The van der Waals surface area contributed by atoms with Crippen LogP contribution in [0.4, 0.5) is 0 Å². The minimum Gasteiger partial charge on any atom is -0.497 e. The molecule has 2 heterocycles. The maximum Gasteiger partial charge on any atom is 0.242 e. The molecule has 2 N–H and O–H groups in total. The van der Waals surface area contributed by atoms with Gasteiger partial charge in [-0.05, 0) is 47.5 Å². The molecule has 9 heteroatoms. The van der Waals surface area contributed by atoms with E-state index in [9.17, 15) is 4.79 Å². The Hall–Kier alpha value is -1.52. The second kappa shape index (κ2) is 11.6. The lowest BCUT2D eigenvalue weighted by Gasteiger charge is -2.27. The van der Waals surface area contributed by atoms with Crippen molar-refractivity contribution >= 4 is 58.8 Å². The fraction of sp³-hybridized carbons (Fsp3) is 0.400. The molecule has 29 heavy (non-hydrogen) atoms. The van der Waals surface area contributed by atoms with Crippen LogP contribution in [0.15, 0.2) is 34.6 Å². The number of carbonyl (C=O) groups is 1. The molecular weight excluding hydrogens is 523 g/mol. The second-order valence-corrected chi connectivity index (χ2v) is 7.90. The number of halogens is 2. The van der Waals surface area contributed by atoms with Crippen LogP contribution in [0.2, 0.25) is 5.02 Å². The maximum absolute atomic E-state index is 12.5. The highest BCUT2D eigenvalue weighted by Gasteiger charge is 2.21. The third-order valence-corrected chi connectivity index (χ3v) is 6.11. The molecule has 1 aromatic carbocycles. The van der Waals surface area contributed by atoms with Crippen molar-refractivity contribution in [3.05, 3.63) is 50.7 Å². The molecule has 158 valence electrons. The molecule has 1 aliphatic rings. The number of nitrogens with zero attached hydrogens (tertiary/aromatic N) is 2. The van der Waals surface area contributed by atoms with Gasteiger partial charge < -0.3 is 20.3 Å². The van der Waals surface area contributed by atoms with Gasteiger partial charge in [-0.15, -0.1) is 35.3 Å². The van der Waals surface area contributed by atoms with E-state index in [2.05, 4.69) is 27.1 Å². The smallest absolute Gasteiger partial charge is 0.242 e. The van der Waals surface area contributed by atoms with Crippen LogP contribution in [0.1, 0.15) is 16.0 Å². The standard InChI is InChI=1S/C20H25ClN4O2S.HI/c1-22-20(23-8-5-14-3-4-16(27-2)11-17(14)21)24-12-19(26)25-9-6-18-15(13-25)7-10-28-18;/h3-4,7,10-11H,5-6,8-9,12-13H2,1-2H3,(H2,22,23,24);1H. The Morgan fingerprint density at radius 2 is 2.17 bits per heavy atom. The number of thiophene rings is 1. The topological polar surface area (TPSA) is 66.0 Å². The molecule has 0 unspecified atom stereocenters. The Labute approximate surface area is 197 Å². The van der Waals surface area contributed by atoms with Gasteiger partial charge >= 0.3 is 0 Å². The fourth-order valence-electron chi connectivity index (χ4n) is 3.13. The Kier molecular flexibility index (Phi) is 9.51. The normalized spacial score (nSPS) is 13.3. The number of ether oxygens (including phenoxy) is 1. The van der Waals surface area contributed by atoms with E-state index in [1.54, 1.807) is 31.6 Å². The van der Waals surface area contributed by atoms with Crippen molar-refractivity contribution < 1.29 is 9.53 Å². The third kappa shape index (κ3) is 6.48. The first-order valence-electron chi connectivity index (χ1n) is 9.20. The highest BCUT2D eigenvalue weighted by Crippen LogP contribution is 2.24. The summed E-state index contributed by atoms with van der Waals surface area (Å²) < 4.78 is 5.16. The van der Waals surface area contributed by atoms with Crippen molar-refractivity contribution in [1.82, 2.24) is 15.5 Å². The lowest BCUT2D eigenvalue weighted by atomic mass is 10.1. The number of aliphatic imine (C=N–C) groups is 1. The van der Waals surface area contributed by atoms with Crippen molar-refractivity contribution in [3.63, 3.8) is 0 Å². The van der Waals surface area contributed by atoms with E-state index < -0.39 is 0 Å². The summed E-state index contributed by atoms with van der Waals surface area (Å²) >= 11 is 8.04. The van der Waals surface area contributed by atoms with Crippen molar-refractivity contribution in [2.75, 3.05) is 33.8 Å². The third-order valence-electron chi connectivity index (χ3n) is 4.74. The lowest BCUT2D eigenvalue weighted by molar-refractivity contribution is -0.130. The van der Waals surface area contributed by atoms with Gasteiger partial charge in [-0.2, -0.15) is 0 Å². The average molecular weight is 549 g/mol. The fourth-order valence-corrected chi connectivity index (χ4v) is 4.28. The van der Waals surface area contributed by atoms with E-state index in [4.69, 9.17) is 16.3 Å². The molecule has 0 radical (unpaired) electrons. The SMILES string of the molecule is CN=C(NCCc1ccc(OC)cc1Cl)NCC(=O)N1CCc2sccc2C1.I. The largest absolute Gasteiger partial charge is 0.497 e. The summed E-state index contributed by atoms with van der Waals surface area (Å²) in [5.41, 5.74) is 2.30. The summed E-state index contributed by atoms with van der Waals surface area (Å²) in [6, 6.07) is 7.76. The number of methoxy groups -OCH3 is 1. The van der Waals surface area contributed by atoms with Crippen LogP contribution in [0.3, 0.4) is 0 Å². The Balaban J connectivity index is 0.00000300. The number of rotatable bonds is 6. The summed E-state index contributed by atoms with van der Waals surface area (Å²) in [5, 5.41) is 9.10. The van der Waals surface area contributed by atoms with Crippen LogP contribution in [0.25, 0.3) is 0 Å². The Morgan fingerprint density at radius 3 is 2.90 bits per heavy atom. The van der Waals surface area contributed by atoms with Gasteiger partial charge in [-0.1, -0.05) is 17.7 Å². The maximum atomic E-state index is 12.5. The van der Waals surface area contributed by atoms with Crippen LogP contribution in [0.5, 0.6) is 5.75 Å². The van der Waals surface area contributed by atoms with E-state index in [1.807, 2.05) is 17.0 Å². The molecule has 0 fully saturated rings. The minimum absolute atomic E-state index is 0. The summed E-state index contributed by atoms with van der Waals surface area (Å²) in [6.45, 7) is 2.35. The first kappa shape index (κ1) is 23.8. The van der Waals surface area contributed by atoms with E-state index in [1.165, 1.54) is 10.4 Å². The molecule has 3 rings (SSSR count). The van der Waals surface area contributed by atoms with Crippen LogP contribution in [0, 0.1) is 0 Å². The molecule has 0 spiro atoms. The minimum atomic E-state index is 0. The average Bonchev–Trinajstić information content (AvgIpc) is 3.19. The van der Waals surface area contributed by atoms with Crippen LogP contribution >= 0.6 is 46.9 Å². The van der Waals surface area contributed by atoms with Gasteiger partial charge in [0.15, 0.2) is 5.96 Å². The quantitative estimate of drug-likeness (QED) is 0.330. The molecule has 1 amide bonds. The Morgan fingerprint density at radius 1 is 1.34 bits per heavy atom. The van der Waals surface area contributed by atoms with Crippen LogP contribution < -0.4 is 15.4 Å². The summed E-state index contributed by atoms with van der Waals surface area (Å²) in [5.74, 6) is 1.43. The van der Waals surface area contributed by atoms with Crippen molar-refractivity contribution in [2.45, 2.75) is 19.4 Å². The highest BCUT2D eigenvalue weighted by molar-refractivity contribution is 14.0. The molecule has 0 aliphatic carbocycles. The van der Waals surface area contributed by atoms with Crippen LogP contribution in [-0.2, 0) is 24.2 Å². The molecule has 1 aliphatic heterocycles. The van der Waals surface area contributed by atoms with E-state index in [0.717, 1.165) is 30.7 Å². The zero-order valence-electron chi connectivity index (χ0n) is 16.5. The van der Waals surface area contributed by atoms with E-state index >= 15 is 0 Å². The number of benzene rings is 1. The summed E-state index contributed by atoms with van der Waals surface area (Å²) in [4.78, 5) is 20.0. The van der Waals surface area contributed by atoms with Gasteiger partial charge in [0.05, 0.1) is 13.7 Å². The van der Waals surface area contributed by atoms with E-state index in [0.29, 0.717) is 24.1 Å². The first-order valence-corrected chi connectivity index (χ1v) is 10.5. The molecule has 0 saturated carbocycles. The number of amides is 1. The highest BCUT2D eigenvalue weighted by atomic mass is 127. The van der Waals surface area contributed by atoms with Gasteiger partial charge in [0.1, 0.15) is 5.75 Å². The van der Waals surface area contributed by atoms with Crippen LogP contribution in [-0.4, -0.2) is 50.6 Å². The number of fused-ring (bicyclic) bond motifs is 1. The number of hydrogen-bond donors (Lipinski definition) is 2. The lowest BCUT2D eigenvalue weighted by Crippen LogP contribution is -2.46. The van der Waals surface area contributed by atoms with Crippen molar-refractivity contribution in [3.8, 4) is 5.75 Å². The number of carbonyl (C=O) groups excluding carboxylic acids is 1. The zero-order valence-corrected chi connectivity index (χ0v) is 20.4. The molecule has 2 aromatic rings. The molecule has 0 atom stereocenters. The predicted octanol–water partition coefficient (Wildman–Crippen LogP) is 3.32. The molecule has 1 aromatic heterocycles. The Bertz CT molecular complexity index is 859.